The van der Waals surface area contributed by atoms with Crippen LogP contribution in [0.25, 0.3) is 0 Å². The van der Waals surface area contributed by atoms with Gasteiger partial charge in [0.2, 0.25) is 0 Å². The van der Waals surface area contributed by atoms with E-state index in [-0.39, 0.29) is 14.8 Å². The van der Waals surface area contributed by atoms with Crippen molar-refractivity contribution in [2.24, 2.45) is 0 Å². The Hall–Kier alpha value is -0.840. The number of rotatable bonds is 4. The Morgan fingerprint density at radius 3 is 2.26 bits per heavy atom. The Labute approximate surface area is 154 Å². The molecule has 0 aliphatic rings. The molecule has 5 nitrogen and oxygen atoms in total. The Morgan fingerprint density at radius 2 is 1.70 bits per heavy atom. The second-order valence-electron chi connectivity index (χ2n) is 4.93. The summed E-state index contributed by atoms with van der Waals surface area (Å²) in [6.45, 7) is 1.77. The van der Waals surface area contributed by atoms with Crippen LogP contribution in [0.15, 0.2) is 46.2 Å². The number of anilines is 1. The number of sulfonamides is 1. The molecule has 0 spiro atoms. The summed E-state index contributed by atoms with van der Waals surface area (Å²) in [5.74, 6) is 0. The highest BCUT2D eigenvalue weighted by atomic mass is 127. The predicted molar refractivity (Wildman–Crippen MR) is 99.3 cm³/mol. The monoisotopic (exact) mass is 485 g/mol. The van der Waals surface area contributed by atoms with Gasteiger partial charge in [-0.1, -0.05) is 11.6 Å². The lowest BCUT2D eigenvalue weighted by Crippen LogP contribution is -2.15. The van der Waals surface area contributed by atoms with Gasteiger partial charge in [-0.05, 0) is 71.5 Å². The molecule has 0 aromatic heterocycles. The summed E-state index contributed by atoms with van der Waals surface area (Å²) in [7, 11) is -7.55. The molecule has 0 fully saturated rings. The van der Waals surface area contributed by atoms with E-state index in [0.717, 1.165) is 21.5 Å². The first-order valence-corrected chi connectivity index (χ1v) is 11.1. The molecule has 2 aromatic rings. The molecule has 0 aliphatic heterocycles. The Balaban J connectivity index is 2.51. The topological polar surface area (TPSA) is 80.3 Å². The summed E-state index contributed by atoms with van der Waals surface area (Å²) in [4.78, 5) is -0.387. The summed E-state index contributed by atoms with van der Waals surface area (Å²) in [5.41, 5.74) is 1.15. The van der Waals surface area contributed by atoms with E-state index >= 15 is 0 Å². The van der Waals surface area contributed by atoms with Crippen LogP contribution in [0, 0.1) is 10.5 Å². The number of hydrogen-bond donors (Lipinski definition) is 1. The van der Waals surface area contributed by atoms with Gasteiger partial charge in [0, 0.05) is 9.83 Å². The van der Waals surface area contributed by atoms with Crippen molar-refractivity contribution < 1.29 is 16.8 Å². The average Bonchev–Trinajstić information content (AvgIpc) is 2.41. The molecule has 2 rings (SSSR count). The second-order valence-corrected chi connectivity index (χ2v) is 10.2. The van der Waals surface area contributed by atoms with Gasteiger partial charge in [0.1, 0.15) is 4.90 Å². The van der Waals surface area contributed by atoms with Gasteiger partial charge in [-0.3, -0.25) is 4.72 Å². The van der Waals surface area contributed by atoms with Crippen molar-refractivity contribution in [1.82, 2.24) is 0 Å². The second kappa shape index (κ2) is 6.58. The van der Waals surface area contributed by atoms with Crippen molar-refractivity contribution in [3.63, 3.8) is 0 Å². The molecule has 0 radical (unpaired) electrons. The first-order chi connectivity index (χ1) is 10.5. The summed E-state index contributed by atoms with van der Waals surface area (Å²) in [6, 6.07) is 8.82. The van der Waals surface area contributed by atoms with Gasteiger partial charge in [0.25, 0.3) is 10.0 Å². The van der Waals surface area contributed by atoms with Crippen molar-refractivity contribution in [2.75, 3.05) is 11.0 Å². The zero-order chi connectivity index (χ0) is 17.4. The summed E-state index contributed by atoms with van der Waals surface area (Å²) in [6.07, 6.45) is 1.00. The highest BCUT2D eigenvalue weighted by Crippen LogP contribution is 2.28. The van der Waals surface area contributed by atoms with E-state index in [1.165, 1.54) is 12.1 Å². The van der Waals surface area contributed by atoms with Crippen LogP contribution in [-0.2, 0) is 19.9 Å². The summed E-state index contributed by atoms with van der Waals surface area (Å²) < 4.78 is 51.7. The SMILES string of the molecule is Cc1cc(I)ccc1NS(=O)(=O)c1cc(S(C)(=O)=O)ccc1Cl. The van der Waals surface area contributed by atoms with Crippen LogP contribution in [0.4, 0.5) is 5.69 Å². The Bertz CT molecular complexity index is 972. The fourth-order valence-electron chi connectivity index (χ4n) is 1.86. The third-order valence-corrected chi connectivity index (χ3v) is 6.68. The van der Waals surface area contributed by atoms with Gasteiger partial charge in [0.15, 0.2) is 9.84 Å². The van der Waals surface area contributed by atoms with Crippen molar-refractivity contribution in [3.05, 3.63) is 50.6 Å². The number of halogens is 2. The number of hydrogen-bond acceptors (Lipinski definition) is 4. The minimum Gasteiger partial charge on any atom is -0.279 e. The molecule has 0 atom stereocenters. The molecule has 0 heterocycles. The van der Waals surface area contributed by atoms with Gasteiger partial charge in [-0.25, -0.2) is 16.8 Å². The number of sulfone groups is 1. The van der Waals surface area contributed by atoms with E-state index in [2.05, 4.69) is 27.3 Å². The lowest BCUT2D eigenvalue weighted by atomic mass is 10.2. The molecular formula is C14H13ClINO4S2. The zero-order valence-electron chi connectivity index (χ0n) is 12.2. The molecule has 0 unspecified atom stereocenters. The van der Waals surface area contributed by atoms with E-state index in [1.54, 1.807) is 19.1 Å². The lowest BCUT2D eigenvalue weighted by molar-refractivity contribution is 0.599. The predicted octanol–water partition coefficient (Wildman–Crippen LogP) is 3.46. The van der Waals surface area contributed by atoms with Crippen LogP contribution < -0.4 is 4.72 Å². The normalized spacial score (nSPS) is 12.2. The molecule has 124 valence electrons. The van der Waals surface area contributed by atoms with Crippen LogP contribution in [-0.4, -0.2) is 23.1 Å². The van der Waals surface area contributed by atoms with E-state index < -0.39 is 19.9 Å². The van der Waals surface area contributed by atoms with Crippen LogP contribution in [0.1, 0.15) is 5.56 Å². The van der Waals surface area contributed by atoms with E-state index in [4.69, 9.17) is 11.6 Å². The third-order valence-electron chi connectivity index (χ3n) is 3.05. The fourth-order valence-corrected chi connectivity index (χ4v) is 4.89. The van der Waals surface area contributed by atoms with Crippen LogP contribution >= 0.6 is 34.2 Å². The van der Waals surface area contributed by atoms with Crippen LogP contribution in [0.5, 0.6) is 0 Å². The molecule has 9 heteroatoms. The maximum absolute atomic E-state index is 12.5. The molecule has 0 saturated heterocycles. The molecule has 0 amide bonds. The molecular weight excluding hydrogens is 473 g/mol. The van der Waals surface area contributed by atoms with Gasteiger partial charge in [-0.15, -0.1) is 0 Å². The highest BCUT2D eigenvalue weighted by molar-refractivity contribution is 14.1. The Kier molecular flexibility index (Phi) is 5.29. The van der Waals surface area contributed by atoms with Crippen molar-refractivity contribution in [1.29, 1.82) is 0 Å². The van der Waals surface area contributed by atoms with Gasteiger partial charge >= 0.3 is 0 Å². The summed E-state index contributed by atoms with van der Waals surface area (Å²) >= 11 is 8.07. The standard InChI is InChI=1S/C14H13ClINO4S2/c1-9-7-10(16)3-6-13(9)17-23(20,21)14-8-11(22(2,18)19)4-5-12(14)15/h3-8,17H,1-2H3. The first kappa shape index (κ1) is 18.5. The molecule has 2 aromatic carbocycles. The first-order valence-electron chi connectivity index (χ1n) is 6.29. The number of nitrogens with one attached hydrogen (secondary N) is 1. The molecule has 1 N–H and O–H groups in total. The van der Waals surface area contributed by atoms with Crippen molar-refractivity contribution in [2.45, 2.75) is 16.7 Å². The maximum atomic E-state index is 12.5. The quantitative estimate of drug-likeness (QED) is 0.673. The molecule has 23 heavy (non-hydrogen) atoms. The maximum Gasteiger partial charge on any atom is 0.263 e. The minimum absolute atomic E-state index is 0.0481. The molecule has 0 aliphatic carbocycles. The van der Waals surface area contributed by atoms with E-state index in [9.17, 15) is 16.8 Å². The van der Waals surface area contributed by atoms with Crippen LogP contribution in [0.2, 0.25) is 5.02 Å². The molecule has 0 bridgehead atoms. The third kappa shape index (κ3) is 4.37. The Morgan fingerprint density at radius 1 is 1.04 bits per heavy atom. The van der Waals surface area contributed by atoms with E-state index in [0.29, 0.717) is 5.69 Å². The largest absolute Gasteiger partial charge is 0.279 e. The summed E-state index contributed by atoms with van der Waals surface area (Å²) in [5, 5.41) is -0.0481. The average molecular weight is 486 g/mol. The number of benzene rings is 2. The van der Waals surface area contributed by atoms with Gasteiger partial charge in [-0.2, -0.15) is 0 Å². The zero-order valence-corrected chi connectivity index (χ0v) is 16.7. The van der Waals surface area contributed by atoms with Crippen molar-refractivity contribution >= 4 is 59.7 Å². The van der Waals surface area contributed by atoms with Gasteiger partial charge < -0.3 is 0 Å². The fraction of sp³-hybridized carbons (Fsp3) is 0.143. The van der Waals surface area contributed by atoms with Crippen molar-refractivity contribution in [3.8, 4) is 0 Å². The highest BCUT2D eigenvalue weighted by Gasteiger charge is 2.21. The van der Waals surface area contributed by atoms with E-state index in [1.807, 2.05) is 6.07 Å². The van der Waals surface area contributed by atoms with Gasteiger partial charge in [0.05, 0.1) is 15.6 Å². The number of aryl methyl sites for hydroxylation is 1. The lowest BCUT2D eigenvalue weighted by Gasteiger charge is -2.12. The molecule has 0 saturated carbocycles. The smallest absolute Gasteiger partial charge is 0.263 e. The minimum atomic E-state index is -4.01. The van der Waals surface area contributed by atoms with Crippen LogP contribution in [0.3, 0.4) is 0 Å².